The number of hydrogen-bond acceptors (Lipinski definition) is 15. The van der Waals surface area contributed by atoms with Gasteiger partial charge in [0.15, 0.2) is 12.2 Å². The molecule has 3 N–H and O–H groups in total. The molecule has 0 aromatic rings. The molecular formula is C76H148O17P2. The van der Waals surface area contributed by atoms with Gasteiger partial charge in [0, 0.05) is 25.7 Å². The Morgan fingerprint density at radius 1 is 0.295 bits per heavy atom. The normalized spacial score (nSPS) is 15.0. The van der Waals surface area contributed by atoms with Crippen LogP contribution in [0.3, 0.4) is 0 Å². The fourth-order valence-electron chi connectivity index (χ4n) is 11.5. The number of phosphoric acid groups is 2. The Kier molecular flexibility index (Phi) is 64.0. The number of carbonyl (C=O) groups excluding carboxylic acids is 4. The first kappa shape index (κ1) is 93.1. The molecule has 0 bridgehead atoms. The van der Waals surface area contributed by atoms with E-state index in [0.29, 0.717) is 25.7 Å². The van der Waals surface area contributed by atoms with Gasteiger partial charge in [-0.2, -0.15) is 0 Å². The minimum absolute atomic E-state index is 0.102. The van der Waals surface area contributed by atoms with Gasteiger partial charge in [0.1, 0.15) is 19.3 Å². The van der Waals surface area contributed by atoms with Crippen LogP contribution in [0.15, 0.2) is 0 Å². The molecule has 0 spiro atoms. The molecule has 0 fully saturated rings. The van der Waals surface area contributed by atoms with Gasteiger partial charge in [-0.1, -0.05) is 331 Å². The van der Waals surface area contributed by atoms with E-state index in [4.69, 9.17) is 37.0 Å². The Hall–Kier alpha value is -1.94. The van der Waals surface area contributed by atoms with Crippen molar-refractivity contribution in [3.05, 3.63) is 0 Å². The van der Waals surface area contributed by atoms with Crippen LogP contribution >= 0.6 is 15.6 Å². The van der Waals surface area contributed by atoms with E-state index in [1.165, 1.54) is 180 Å². The Morgan fingerprint density at radius 2 is 0.505 bits per heavy atom. The summed E-state index contributed by atoms with van der Waals surface area (Å²) < 4.78 is 68.5. The van der Waals surface area contributed by atoms with Crippen LogP contribution in [0, 0.1) is 23.7 Å². The summed E-state index contributed by atoms with van der Waals surface area (Å²) in [6.45, 7) is 14.2. The van der Waals surface area contributed by atoms with E-state index in [1.807, 2.05) is 0 Å². The second-order valence-electron chi connectivity index (χ2n) is 28.6. The fraction of sp³-hybridized carbons (Fsp3) is 0.947. The number of rotatable bonds is 73. The van der Waals surface area contributed by atoms with Gasteiger partial charge in [-0.15, -0.1) is 0 Å². The van der Waals surface area contributed by atoms with Crippen molar-refractivity contribution in [1.82, 2.24) is 0 Å². The molecule has 0 saturated carbocycles. The van der Waals surface area contributed by atoms with Crippen LogP contribution in [0.4, 0.5) is 0 Å². The number of unbranched alkanes of at least 4 members (excludes halogenated alkanes) is 36. The van der Waals surface area contributed by atoms with Gasteiger partial charge < -0.3 is 33.8 Å². The summed E-state index contributed by atoms with van der Waals surface area (Å²) in [4.78, 5) is 72.7. The molecule has 0 aromatic carbocycles. The molecule has 95 heavy (non-hydrogen) atoms. The van der Waals surface area contributed by atoms with E-state index >= 15 is 0 Å². The topological polar surface area (TPSA) is 237 Å². The van der Waals surface area contributed by atoms with Crippen molar-refractivity contribution in [2.24, 2.45) is 23.7 Å². The third kappa shape index (κ3) is 66.4. The quantitative estimate of drug-likeness (QED) is 0.0222. The van der Waals surface area contributed by atoms with Crippen molar-refractivity contribution >= 4 is 39.5 Å². The second-order valence-corrected chi connectivity index (χ2v) is 31.5. The average Bonchev–Trinajstić information content (AvgIpc) is 1.89. The first-order valence-electron chi connectivity index (χ1n) is 39.3. The highest BCUT2D eigenvalue weighted by atomic mass is 31.2. The zero-order chi connectivity index (χ0) is 70.3. The van der Waals surface area contributed by atoms with E-state index in [9.17, 15) is 43.2 Å². The smallest absolute Gasteiger partial charge is 0.462 e. The van der Waals surface area contributed by atoms with Crippen molar-refractivity contribution in [2.75, 3.05) is 39.6 Å². The van der Waals surface area contributed by atoms with Gasteiger partial charge in [-0.3, -0.25) is 37.3 Å². The lowest BCUT2D eigenvalue weighted by molar-refractivity contribution is -0.161. The lowest BCUT2D eigenvalue weighted by Gasteiger charge is -2.21. The third-order valence-corrected chi connectivity index (χ3v) is 20.6. The van der Waals surface area contributed by atoms with Crippen LogP contribution in [-0.2, 0) is 65.4 Å². The molecular weight excluding hydrogens is 1250 g/mol. The van der Waals surface area contributed by atoms with E-state index in [2.05, 4.69) is 55.4 Å². The van der Waals surface area contributed by atoms with Gasteiger partial charge in [-0.05, 0) is 49.4 Å². The van der Waals surface area contributed by atoms with Crippen molar-refractivity contribution in [2.45, 2.75) is 401 Å². The number of carbonyl (C=O) groups is 4. The van der Waals surface area contributed by atoms with Crippen molar-refractivity contribution in [3.63, 3.8) is 0 Å². The number of esters is 4. The first-order chi connectivity index (χ1) is 45.7. The van der Waals surface area contributed by atoms with E-state index < -0.39 is 97.5 Å². The predicted molar refractivity (Wildman–Crippen MR) is 386 cm³/mol. The van der Waals surface area contributed by atoms with Gasteiger partial charge in [0.25, 0.3) is 0 Å². The van der Waals surface area contributed by atoms with Gasteiger partial charge >= 0.3 is 39.5 Å². The summed E-state index contributed by atoms with van der Waals surface area (Å²) in [6.07, 6.45) is 50.1. The highest BCUT2D eigenvalue weighted by molar-refractivity contribution is 7.47. The van der Waals surface area contributed by atoms with Gasteiger partial charge in [0.2, 0.25) is 0 Å². The van der Waals surface area contributed by atoms with Crippen LogP contribution in [0.5, 0.6) is 0 Å². The Bertz CT molecular complexity index is 1870. The second kappa shape index (κ2) is 65.4. The standard InChI is InChI=1S/C76H148O17P2/c1-9-67(6)53-45-37-29-25-22-23-26-30-40-48-56-73(78)86-62-71(92-75(80)58-50-42-31-27-21-19-17-15-13-12-14-16-18-20-24-28-36-44-52-66(4)5)64-90-94(82,83)88-60-70(77)61-89-95(84,85)91-65-72(93-76(81)59-51-43-35-33-39-47-55-69(8)11-3)63-87-74(79)57-49-41-34-32-38-46-54-68(7)10-2/h66-72,77H,9-65H2,1-8H3,(H,82,83)(H,84,85)/t67?,68?,69?,70-,71-,72-/m1/s1. The summed E-state index contributed by atoms with van der Waals surface area (Å²) in [7, 11) is -9.91. The average molecular weight is 1400 g/mol. The predicted octanol–water partition coefficient (Wildman–Crippen LogP) is 22.0. The summed E-state index contributed by atoms with van der Waals surface area (Å²) in [5.74, 6) is 0.955. The molecule has 0 aliphatic heterocycles. The minimum atomic E-state index is -4.96. The minimum Gasteiger partial charge on any atom is -0.462 e. The van der Waals surface area contributed by atoms with Crippen LogP contribution in [0.25, 0.3) is 0 Å². The highest BCUT2D eigenvalue weighted by Gasteiger charge is 2.30. The first-order valence-corrected chi connectivity index (χ1v) is 42.3. The third-order valence-electron chi connectivity index (χ3n) is 18.7. The Morgan fingerprint density at radius 3 is 0.747 bits per heavy atom. The van der Waals surface area contributed by atoms with Crippen LogP contribution < -0.4 is 0 Å². The summed E-state index contributed by atoms with van der Waals surface area (Å²) in [5, 5.41) is 10.6. The van der Waals surface area contributed by atoms with Crippen molar-refractivity contribution < 1.29 is 80.2 Å². The molecule has 19 heteroatoms. The van der Waals surface area contributed by atoms with Crippen molar-refractivity contribution in [3.8, 4) is 0 Å². The number of phosphoric ester groups is 2. The maximum Gasteiger partial charge on any atom is 0.472 e. The molecule has 0 saturated heterocycles. The lowest BCUT2D eigenvalue weighted by atomic mass is 9.99. The van der Waals surface area contributed by atoms with Gasteiger partial charge in [0.05, 0.1) is 26.4 Å². The molecule has 0 rings (SSSR count). The fourth-order valence-corrected chi connectivity index (χ4v) is 13.0. The van der Waals surface area contributed by atoms with E-state index in [0.717, 1.165) is 120 Å². The van der Waals surface area contributed by atoms with Crippen LogP contribution in [0.2, 0.25) is 0 Å². The number of hydrogen-bond donors (Lipinski definition) is 3. The number of ether oxygens (including phenoxy) is 4. The number of aliphatic hydroxyl groups excluding tert-OH is 1. The monoisotopic (exact) mass is 1400 g/mol. The molecule has 8 atom stereocenters. The maximum atomic E-state index is 13.1. The molecule has 0 amide bonds. The van der Waals surface area contributed by atoms with Gasteiger partial charge in [-0.25, -0.2) is 9.13 Å². The Balaban J connectivity index is 5.21. The molecule has 0 aromatic heterocycles. The molecule has 5 unspecified atom stereocenters. The zero-order valence-corrected chi connectivity index (χ0v) is 64.1. The van der Waals surface area contributed by atoms with Crippen molar-refractivity contribution in [1.29, 1.82) is 0 Å². The van der Waals surface area contributed by atoms with E-state index in [-0.39, 0.29) is 25.7 Å². The summed E-state index contributed by atoms with van der Waals surface area (Å²) in [6, 6.07) is 0. The molecule has 17 nitrogen and oxygen atoms in total. The SMILES string of the molecule is CCC(C)CCCCCCCCCCCCC(=O)OC[C@H](COP(=O)(O)OC[C@@H](O)COP(=O)(O)OC[C@@H](COC(=O)CCCCCCCCC(C)CC)OC(=O)CCCCCCCCC(C)CC)OC(=O)CCCCCCCCCCCCCCCCCCCCC(C)C. The summed E-state index contributed by atoms with van der Waals surface area (Å²) >= 11 is 0. The highest BCUT2D eigenvalue weighted by Crippen LogP contribution is 2.45. The largest absolute Gasteiger partial charge is 0.472 e. The van der Waals surface area contributed by atoms with E-state index in [1.54, 1.807) is 0 Å². The molecule has 0 aliphatic carbocycles. The molecule has 0 heterocycles. The maximum absolute atomic E-state index is 13.1. The van der Waals surface area contributed by atoms with Crippen LogP contribution in [0.1, 0.15) is 383 Å². The van der Waals surface area contributed by atoms with Crippen LogP contribution in [-0.4, -0.2) is 96.7 Å². The molecule has 0 aliphatic rings. The number of aliphatic hydroxyl groups is 1. The lowest BCUT2D eigenvalue weighted by Crippen LogP contribution is -2.30. The molecule has 0 radical (unpaired) electrons. The Labute approximate surface area is 581 Å². The molecule has 564 valence electrons. The zero-order valence-electron chi connectivity index (χ0n) is 62.3. The summed E-state index contributed by atoms with van der Waals surface area (Å²) in [5.41, 5.74) is 0.